The molecule has 1 saturated heterocycles. The maximum atomic E-state index is 10.6. The van der Waals surface area contributed by atoms with Crippen LogP contribution in [0.15, 0.2) is 0 Å². The summed E-state index contributed by atoms with van der Waals surface area (Å²) in [6, 6.07) is 0. The Kier molecular flexibility index (Phi) is 4.94. The molecule has 0 radical (unpaired) electrons. The van der Waals surface area contributed by atoms with Crippen molar-refractivity contribution < 1.29 is 23.7 Å². The molecule has 1 fully saturated rings. The van der Waals surface area contributed by atoms with Gasteiger partial charge in [-0.15, -0.1) is 0 Å². The second-order valence-electron chi connectivity index (χ2n) is 2.16. The first-order chi connectivity index (χ1) is 3.89. The van der Waals surface area contributed by atoms with E-state index in [9.17, 15) is 4.79 Å². The number of rotatable bonds is 0. The number of carbonyl (C=O) groups excluding carboxylic acids is 1. The molecule has 1 amide bonds. The average molecular weight is 120 g/mol. The topological polar surface area (TPSA) is 29.1 Å². The minimum Gasteiger partial charge on any atom is -0.356 e. The zero-order valence-electron chi connectivity index (χ0n) is 5.94. The second-order valence-corrected chi connectivity index (χ2v) is 2.16. The van der Waals surface area contributed by atoms with Gasteiger partial charge in [0.25, 0.3) is 0 Å². The molecule has 0 aromatic carbocycles. The van der Waals surface area contributed by atoms with Crippen molar-refractivity contribution in [2.75, 3.05) is 6.54 Å². The van der Waals surface area contributed by atoms with Crippen LogP contribution >= 0.6 is 0 Å². The molecule has 0 spiro atoms. The summed E-state index contributed by atoms with van der Waals surface area (Å²) in [5.74, 6) is 0.225. The monoisotopic (exact) mass is 120 g/mol. The van der Waals surface area contributed by atoms with Crippen molar-refractivity contribution in [3.05, 3.63) is 0 Å². The SMILES string of the molecule is O=C1CCCCCN1.[Li+]. The molecule has 9 heavy (non-hydrogen) atoms. The van der Waals surface area contributed by atoms with Crippen molar-refractivity contribution >= 4 is 5.91 Å². The Hall–Kier alpha value is 0.0674. The van der Waals surface area contributed by atoms with Gasteiger partial charge < -0.3 is 5.32 Å². The standard InChI is InChI=1S/C6H11NO.Li/c8-6-4-2-1-3-5-7-6;/h1-5H2,(H,7,8);/q;+1. The normalized spacial score (nSPS) is 19.3. The summed E-state index contributed by atoms with van der Waals surface area (Å²) in [4.78, 5) is 10.6. The zero-order valence-corrected chi connectivity index (χ0v) is 5.94. The second kappa shape index (κ2) is 4.90. The molecule has 1 N–H and O–H groups in total. The summed E-state index contributed by atoms with van der Waals surface area (Å²) in [5, 5.41) is 2.81. The molecule has 1 rings (SSSR count). The largest absolute Gasteiger partial charge is 1.00 e. The molecule has 0 bridgehead atoms. The first-order valence-electron chi connectivity index (χ1n) is 3.16. The number of nitrogens with one attached hydrogen (secondary N) is 1. The van der Waals surface area contributed by atoms with E-state index in [0.717, 1.165) is 25.8 Å². The van der Waals surface area contributed by atoms with E-state index >= 15 is 0 Å². The van der Waals surface area contributed by atoms with Gasteiger partial charge in [0.05, 0.1) is 0 Å². The summed E-state index contributed by atoms with van der Waals surface area (Å²) in [6.45, 7) is 0.888. The minimum atomic E-state index is 0. The molecule has 1 heterocycles. The Bertz CT molecular complexity index is 85.1. The number of amides is 1. The van der Waals surface area contributed by atoms with E-state index in [2.05, 4.69) is 5.32 Å². The van der Waals surface area contributed by atoms with Crippen molar-refractivity contribution in [3.8, 4) is 0 Å². The summed E-state index contributed by atoms with van der Waals surface area (Å²) >= 11 is 0. The van der Waals surface area contributed by atoms with E-state index in [1.165, 1.54) is 6.42 Å². The summed E-state index contributed by atoms with van der Waals surface area (Å²) < 4.78 is 0. The number of carbonyl (C=O) groups is 1. The van der Waals surface area contributed by atoms with Crippen LogP contribution in [0.5, 0.6) is 0 Å². The van der Waals surface area contributed by atoms with Crippen molar-refractivity contribution in [2.45, 2.75) is 25.7 Å². The van der Waals surface area contributed by atoms with E-state index in [-0.39, 0.29) is 24.8 Å². The van der Waals surface area contributed by atoms with Gasteiger partial charge in [-0.1, -0.05) is 6.42 Å². The maximum Gasteiger partial charge on any atom is 1.00 e. The third-order valence-electron chi connectivity index (χ3n) is 1.40. The summed E-state index contributed by atoms with van der Waals surface area (Å²) in [5.41, 5.74) is 0. The van der Waals surface area contributed by atoms with Crippen LogP contribution in [0.3, 0.4) is 0 Å². The minimum absolute atomic E-state index is 0. The fraction of sp³-hybridized carbons (Fsp3) is 0.833. The van der Waals surface area contributed by atoms with Crippen LogP contribution in [0.2, 0.25) is 0 Å². The Morgan fingerprint density at radius 2 is 2.00 bits per heavy atom. The van der Waals surface area contributed by atoms with Crippen molar-refractivity contribution in [1.29, 1.82) is 0 Å². The third-order valence-corrected chi connectivity index (χ3v) is 1.40. The van der Waals surface area contributed by atoms with Crippen LogP contribution in [0.1, 0.15) is 25.7 Å². The molecule has 0 saturated carbocycles. The first-order valence-corrected chi connectivity index (χ1v) is 3.16. The van der Waals surface area contributed by atoms with Crippen molar-refractivity contribution in [2.24, 2.45) is 0 Å². The molecule has 1 aliphatic heterocycles. The van der Waals surface area contributed by atoms with Crippen LogP contribution < -0.4 is 24.2 Å². The number of hydrogen-bond acceptors (Lipinski definition) is 1. The van der Waals surface area contributed by atoms with E-state index in [0.29, 0.717) is 0 Å². The zero-order chi connectivity index (χ0) is 5.82. The summed E-state index contributed by atoms with van der Waals surface area (Å²) in [7, 11) is 0. The Balaban J connectivity index is 0.000000640. The fourth-order valence-corrected chi connectivity index (χ4v) is 0.904. The van der Waals surface area contributed by atoms with Gasteiger partial charge in [-0.25, -0.2) is 0 Å². The molecular formula is C6H11LiNO+. The van der Waals surface area contributed by atoms with Crippen molar-refractivity contribution in [1.82, 2.24) is 5.32 Å². The predicted molar refractivity (Wildman–Crippen MR) is 31.5 cm³/mol. The molecule has 2 nitrogen and oxygen atoms in total. The predicted octanol–water partition coefficient (Wildman–Crippen LogP) is -2.32. The molecule has 46 valence electrons. The quantitative estimate of drug-likeness (QED) is 0.357. The van der Waals surface area contributed by atoms with Gasteiger partial charge >= 0.3 is 18.9 Å². The first kappa shape index (κ1) is 9.07. The van der Waals surface area contributed by atoms with Gasteiger partial charge in [-0.3, -0.25) is 4.79 Å². The van der Waals surface area contributed by atoms with E-state index in [4.69, 9.17) is 0 Å². The Morgan fingerprint density at radius 3 is 2.78 bits per heavy atom. The average Bonchev–Trinajstić information content (AvgIpc) is 1.94. The van der Waals surface area contributed by atoms with E-state index in [1.807, 2.05) is 0 Å². The Morgan fingerprint density at radius 1 is 1.22 bits per heavy atom. The third kappa shape index (κ3) is 3.61. The van der Waals surface area contributed by atoms with Crippen LogP contribution in [-0.2, 0) is 4.79 Å². The molecule has 0 aliphatic carbocycles. The molecule has 0 atom stereocenters. The van der Waals surface area contributed by atoms with E-state index < -0.39 is 0 Å². The van der Waals surface area contributed by atoms with Gasteiger partial charge in [0.15, 0.2) is 0 Å². The summed E-state index contributed by atoms with van der Waals surface area (Å²) in [6.07, 6.45) is 4.18. The van der Waals surface area contributed by atoms with Gasteiger partial charge in [0.2, 0.25) is 5.91 Å². The van der Waals surface area contributed by atoms with Gasteiger partial charge in [-0.2, -0.15) is 0 Å². The molecule has 1 aliphatic rings. The van der Waals surface area contributed by atoms with Crippen LogP contribution in [0, 0.1) is 0 Å². The van der Waals surface area contributed by atoms with Gasteiger partial charge in [0, 0.05) is 13.0 Å². The molecule has 0 aromatic rings. The smallest absolute Gasteiger partial charge is 0.356 e. The molecule has 0 aromatic heterocycles. The van der Waals surface area contributed by atoms with E-state index in [1.54, 1.807) is 0 Å². The van der Waals surface area contributed by atoms with Gasteiger partial charge in [-0.05, 0) is 12.8 Å². The molecule has 3 heteroatoms. The fourth-order valence-electron chi connectivity index (χ4n) is 0.904. The molecular weight excluding hydrogens is 109 g/mol. The number of hydrogen-bond donors (Lipinski definition) is 1. The Labute approximate surface area is 67.6 Å². The molecule has 0 unspecified atom stereocenters. The van der Waals surface area contributed by atoms with Crippen LogP contribution in [0.4, 0.5) is 0 Å². The van der Waals surface area contributed by atoms with Crippen LogP contribution in [0.25, 0.3) is 0 Å². The maximum absolute atomic E-state index is 10.6. The van der Waals surface area contributed by atoms with Crippen molar-refractivity contribution in [3.63, 3.8) is 0 Å². The van der Waals surface area contributed by atoms with Crippen LogP contribution in [-0.4, -0.2) is 12.5 Å². The van der Waals surface area contributed by atoms with Gasteiger partial charge in [0.1, 0.15) is 0 Å².